The van der Waals surface area contributed by atoms with Crippen LogP contribution in [0.2, 0.25) is 5.02 Å². The number of benzene rings is 2. The van der Waals surface area contributed by atoms with Crippen LogP contribution in [0.4, 0.5) is 5.69 Å². The van der Waals surface area contributed by atoms with Crippen LogP contribution in [0.15, 0.2) is 48.5 Å². The predicted molar refractivity (Wildman–Crippen MR) is 109 cm³/mol. The Balaban J connectivity index is 1.41. The molecule has 0 spiro atoms. The number of piperazine rings is 1. The minimum atomic E-state index is -0.531. The van der Waals surface area contributed by atoms with Gasteiger partial charge in [-0.05, 0) is 36.8 Å². The molecule has 2 unspecified atom stereocenters. The van der Waals surface area contributed by atoms with Crippen molar-refractivity contribution in [1.82, 2.24) is 4.90 Å². The molecule has 2 aromatic rings. The number of phenols is 1. The van der Waals surface area contributed by atoms with Crippen molar-refractivity contribution in [3.05, 3.63) is 59.1 Å². The maximum absolute atomic E-state index is 10.3. The van der Waals surface area contributed by atoms with Gasteiger partial charge in [0.25, 0.3) is 0 Å². The molecule has 1 aliphatic heterocycles. The number of β-amino-alcohol motifs (C(OH)–C–C–N with tert-alkyl or cyclic N) is 1. The van der Waals surface area contributed by atoms with Gasteiger partial charge >= 0.3 is 0 Å². The Hall–Kier alpha value is -1.79. The number of rotatable bonds is 7. The summed E-state index contributed by atoms with van der Waals surface area (Å²) in [6.07, 6.45) is -0.619. The summed E-state index contributed by atoms with van der Waals surface area (Å²) in [5, 5.41) is 21.0. The molecule has 0 aromatic heterocycles. The van der Waals surface area contributed by atoms with E-state index in [4.69, 9.17) is 16.3 Å². The van der Waals surface area contributed by atoms with Gasteiger partial charge < -0.3 is 19.8 Å². The molecular formula is C21H27ClN2O3. The van der Waals surface area contributed by atoms with Gasteiger partial charge in [0.05, 0.1) is 24.5 Å². The van der Waals surface area contributed by atoms with Crippen molar-refractivity contribution < 1.29 is 14.9 Å². The van der Waals surface area contributed by atoms with Gasteiger partial charge in [-0.15, -0.1) is 0 Å². The normalized spacial score (nSPS) is 17.7. The highest BCUT2D eigenvalue weighted by Gasteiger charge is 2.21. The van der Waals surface area contributed by atoms with Crippen molar-refractivity contribution in [3.63, 3.8) is 0 Å². The molecule has 2 atom stereocenters. The number of hydrogen-bond acceptors (Lipinski definition) is 5. The third kappa shape index (κ3) is 5.59. The van der Waals surface area contributed by atoms with Gasteiger partial charge in [0.1, 0.15) is 5.75 Å². The minimum Gasteiger partial charge on any atom is -0.506 e. The second-order valence-electron chi connectivity index (χ2n) is 6.96. The van der Waals surface area contributed by atoms with Crippen molar-refractivity contribution in [1.29, 1.82) is 0 Å². The van der Waals surface area contributed by atoms with Gasteiger partial charge in [-0.25, -0.2) is 0 Å². The monoisotopic (exact) mass is 390 g/mol. The average molecular weight is 391 g/mol. The van der Waals surface area contributed by atoms with Crippen molar-refractivity contribution in [2.45, 2.75) is 19.1 Å². The lowest BCUT2D eigenvalue weighted by Gasteiger charge is -2.37. The largest absolute Gasteiger partial charge is 0.506 e. The first-order valence-electron chi connectivity index (χ1n) is 9.33. The highest BCUT2D eigenvalue weighted by molar-refractivity contribution is 6.30. The fraction of sp³-hybridized carbons (Fsp3) is 0.429. The van der Waals surface area contributed by atoms with E-state index in [0.29, 0.717) is 23.9 Å². The van der Waals surface area contributed by atoms with Crippen LogP contribution in [0, 0.1) is 0 Å². The van der Waals surface area contributed by atoms with Crippen LogP contribution < -0.4 is 4.90 Å². The lowest BCUT2D eigenvalue weighted by atomic mass is 10.1. The van der Waals surface area contributed by atoms with Crippen LogP contribution in [0.25, 0.3) is 0 Å². The number of aliphatic hydroxyl groups excluding tert-OH is 1. The zero-order chi connectivity index (χ0) is 19.2. The first-order chi connectivity index (χ1) is 13.0. The summed E-state index contributed by atoms with van der Waals surface area (Å²) >= 11 is 5.91. The standard InChI is InChI=1S/C21H27ClN2O3/c1-16(17-6-8-18(22)9-7-17)27-15-19(25)14-23-10-12-24(13-11-23)20-4-2-3-5-21(20)26/h2-9,16,19,25-26H,10-15H2,1H3. The Morgan fingerprint density at radius 2 is 1.70 bits per heavy atom. The van der Waals surface area contributed by atoms with E-state index in [1.165, 1.54) is 0 Å². The van der Waals surface area contributed by atoms with E-state index in [9.17, 15) is 10.2 Å². The van der Waals surface area contributed by atoms with E-state index in [-0.39, 0.29) is 6.10 Å². The van der Waals surface area contributed by atoms with Gasteiger partial charge in [-0.1, -0.05) is 35.9 Å². The Kier molecular flexibility index (Phi) is 6.96. The Morgan fingerprint density at radius 1 is 1.04 bits per heavy atom. The number of phenolic OH excluding ortho intramolecular Hbond substituents is 1. The Bertz CT molecular complexity index is 718. The van der Waals surface area contributed by atoms with Crippen LogP contribution in [0.1, 0.15) is 18.6 Å². The molecule has 1 heterocycles. The third-order valence-corrected chi connectivity index (χ3v) is 5.19. The first-order valence-corrected chi connectivity index (χ1v) is 9.71. The van der Waals surface area contributed by atoms with Gasteiger partial charge in [-0.3, -0.25) is 4.90 Å². The van der Waals surface area contributed by atoms with Gasteiger partial charge in [0.2, 0.25) is 0 Å². The highest BCUT2D eigenvalue weighted by atomic mass is 35.5. The SMILES string of the molecule is CC(OCC(O)CN1CCN(c2ccccc2O)CC1)c1ccc(Cl)cc1. The first kappa shape index (κ1) is 20.0. The molecule has 0 saturated carbocycles. The molecule has 2 N–H and O–H groups in total. The molecule has 2 aromatic carbocycles. The van der Waals surface area contributed by atoms with Crippen molar-refractivity contribution in [3.8, 4) is 5.75 Å². The molecule has 3 rings (SSSR count). The van der Waals surface area contributed by atoms with E-state index in [1.54, 1.807) is 6.07 Å². The van der Waals surface area contributed by atoms with Gasteiger partial charge in [0, 0.05) is 37.7 Å². The molecular weight excluding hydrogens is 364 g/mol. The second kappa shape index (κ2) is 9.42. The number of nitrogens with zero attached hydrogens (tertiary/aromatic N) is 2. The van der Waals surface area contributed by atoms with Crippen LogP contribution in [-0.4, -0.2) is 60.5 Å². The van der Waals surface area contributed by atoms with Crippen LogP contribution in [0.5, 0.6) is 5.75 Å². The Morgan fingerprint density at radius 3 is 2.37 bits per heavy atom. The van der Waals surface area contributed by atoms with Crippen molar-refractivity contribution >= 4 is 17.3 Å². The predicted octanol–water partition coefficient (Wildman–Crippen LogP) is 3.31. The summed E-state index contributed by atoms with van der Waals surface area (Å²) in [6, 6.07) is 15.0. The minimum absolute atomic E-state index is 0.0881. The quantitative estimate of drug-likeness (QED) is 0.759. The lowest BCUT2D eigenvalue weighted by molar-refractivity contribution is -0.0162. The molecule has 1 aliphatic rings. The summed E-state index contributed by atoms with van der Waals surface area (Å²) in [4.78, 5) is 4.41. The van der Waals surface area contributed by atoms with Crippen LogP contribution in [0.3, 0.4) is 0 Å². The molecule has 146 valence electrons. The molecule has 27 heavy (non-hydrogen) atoms. The fourth-order valence-electron chi connectivity index (χ4n) is 3.34. The summed E-state index contributed by atoms with van der Waals surface area (Å²) in [6.45, 7) is 6.20. The number of ether oxygens (including phenoxy) is 1. The smallest absolute Gasteiger partial charge is 0.138 e. The number of anilines is 1. The summed E-state index contributed by atoms with van der Waals surface area (Å²) in [5.41, 5.74) is 1.92. The highest BCUT2D eigenvalue weighted by Crippen LogP contribution is 2.27. The maximum Gasteiger partial charge on any atom is 0.138 e. The van der Waals surface area contributed by atoms with Crippen LogP contribution >= 0.6 is 11.6 Å². The van der Waals surface area contributed by atoms with E-state index < -0.39 is 6.10 Å². The molecule has 0 aliphatic carbocycles. The third-order valence-electron chi connectivity index (χ3n) is 4.94. The lowest BCUT2D eigenvalue weighted by Crippen LogP contribution is -2.49. The zero-order valence-corrected chi connectivity index (χ0v) is 16.3. The number of halogens is 1. The number of para-hydroxylation sites is 2. The summed E-state index contributed by atoms with van der Waals surface area (Å²) in [7, 11) is 0. The fourth-order valence-corrected chi connectivity index (χ4v) is 3.47. The van der Waals surface area contributed by atoms with Gasteiger partial charge in [-0.2, -0.15) is 0 Å². The van der Waals surface area contributed by atoms with Crippen molar-refractivity contribution in [2.75, 3.05) is 44.2 Å². The Labute approximate surface area is 165 Å². The molecule has 0 amide bonds. The number of hydrogen-bond donors (Lipinski definition) is 2. The van der Waals surface area contributed by atoms with Gasteiger partial charge in [0.15, 0.2) is 0 Å². The molecule has 1 saturated heterocycles. The van der Waals surface area contributed by atoms with E-state index in [0.717, 1.165) is 37.4 Å². The zero-order valence-electron chi connectivity index (χ0n) is 15.6. The number of aliphatic hydroxyl groups is 1. The van der Waals surface area contributed by atoms with Crippen LogP contribution in [-0.2, 0) is 4.74 Å². The molecule has 6 heteroatoms. The molecule has 0 radical (unpaired) electrons. The van der Waals surface area contributed by atoms with Crippen molar-refractivity contribution in [2.24, 2.45) is 0 Å². The summed E-state index contributed by atoms with van der Waals surface area (Å²) < 4.78 is 5.81. The maximum atomic E-state index is 10.3. The summed E-state index contributed by atoms with van der Waals surface area (Å²) in [5.74, 6) is 0.315. The van der Waals surface area contributed by atoms with E-state index in [1.807, 2.05) is 49.4 Å². The molecule has 5 nitrogen and oxygen atoms in total. The molecule has 0 bridgehead atoms. The van der Waals surface area contributed by atoms with E-state index in [2.05, 4.69) is 9.80 Å². The number of aromatic hydroxyl groups is 1. The molecule has 1 fully saturated rings. The van der Waals surface area contributed by atoms with E-state index >= 15 is 0 Å². The second-order valence-corrected chi connectivity index (χ2v) is 7.39. The topological polar surface area (TPSA) is 56.2 Å². The average Bonchev–Trinajstić information content (AvgIpc) is 2.68.